The lowest BCUT2D eigenvalue weighted by Gasteiger charge is -2.57. The third-order valence-electron chi connectivity index (χ3n) is 9.50. The zero-order chi connectivity index (χ0) is 19.4. The molecule has 152 valence electrons. The van der Waals surface area contributed by atoms with Gasteiger partial charge in [-0.25, -0.2) is 0 Å². The van der Waals surface area contributed by atoms with Crippen molar-refractivity contribution in [1.82, 2.24) is 0 Å². The summed E-state index contributed by atoms with van der Waals surface area (Å²) in [4.78, 5) is 13.3. The molecule has 0 aromatic rings. The fraction of sp³-hybridized carbons (Fsp3) is 0.875. The SMILES string of the molecule is C[C@H](CCCO)[C@@H]1CC[C@@H]2[C@H]3C(=O)C=C4C[C@@H](O)CC[C@]4(C)[C@@H]3CC[C@@]21C. The molecule has 0 amide bonds. The number of allylic oxidation sites excluding steroid dienone is 1. The molecule has 0 heterocycles. The lowest BCUT2D eigenvalue weighted by Crippen LogP contribution is -2.53. The molecular weight excluding hydrogens is 336 g/mol. The van der Waals surface area contributed by atoms with Gasteiger partial charge in [0.1, 0.15) is 0 Å². The molecule has 0 saturated heterocycles. The van der Waals surface area contributed by atoms with E-state index in [1.54, 1.807) is 0 Å². The second kappa shape index (κ2) is 6.99. The monoisotopic (exact) mass is 374 g/mol. The number of carbonyl (C=O) groups excluding carboxylic acids is 1. The van der Waals surface area contributed by atoms with Gasteiger partial charge in [-0.2, -0.15) is 0 Å². The van der Waals surface area contributed by atoms with E-state index in [1.165, 1.54) is 24.8 Å². The molecule has 4 aliphatic carbocycles. The number of ketones is 1. The molecule has 0 spiro atoms. The summed E-state index contributed by atoms with van der Waals surface area (Å²) < 4.78 is 0. The third-order valence-corrected chi connectivity index (χ3v) is 9.50. The normalized spacial score (nSPS) is 47.7. The maximum absolute atomic E-state index is 13.3. The first-order chi connectivity index (χ1) is 12.8. The van der Waals surface area contributed by atoms with Crippen molar-refractivity contribution >= 4 is 5.78 Å². The summed E-state index contributed by atoms with van der Waals surface area (Å²) in [5, 5.41) is 19.4. The van der Waals surface area contributed by atoms with E-state index in [-0.39, 0.29) is 29.5 Å². The molecule has 3 fully saturated rings. The van der Waals surface area contributed by atoms with Gasteiger partial charge in [0.2, 0.25) is 0 Å². The summed E-state index contributed by atoms with van der Waals surface area (Å²) in [6.45, 7) is 7.51. The highest BCUT2D eigenvalue weighted by Gasteiger charge is 2.61. The number of hydrogen-bond donors (Lipinski definition) is 2. The highest BCUT2D eigenvalue weighted by molar-refractivity contribution is 5.94. The summed E-state index contributed by atoms with van der Waals surface area (Å²) in [5.41, 5.74) is 1.64. The van der Waals surface area contributed by atoms with Crippen molar-refractivity contribution < 1.29 is 15.0 Å². The predicted octanol–water partition coefficient (Wildman–Crippen LogP) is 4.51. The topological polar surface area (TPSA) is 57.5 Å². The number of carbonyl (C=O) groups is 1. The number of rotatable bonds is 4. The molecule has 3 saturated carbocycles. The van der Waals surface area contributed by atoms with Crippen LogP contribution in [0.25, 0.3) is 0 Å². The maximum atomic E-state index is 13.3. The summed E-state index contributed by atoms with van der Waals surface area (Å²) >= 11 is 0. The van der Waals surface area contributed by atoms with Gasteiger partial charge in [-0.15, -0.1) is 0 Å². The van der Waals surface area contributed by atoms with Crippen LogP contribution in [0, 0.1) is 40.4 Å². The molecule has 0 bridgehead atoms. The number of fused-ring (bicyclic) bond motifs is 5. The zero-order valence-corrected chi connectivity index (χ0v) is 17.4. The molecule has 3 nitrogen and oxygen atoms in total. The van der Waals surface area contributed by atoms with Crippen LogP contribution < -0.4 is 0 Å². The Labute approximate surface area is 164 Å². The lowest BCUT2D eigenvalue weighted by molar-refractivity contribution is -0.135. The number of aliphatic hydroxyl groups excluding tert-OH is 2. The summed E-state index contributed by atoms with van der Waals surface area (Å²) in [6, 6.07) is 0. The molecule has 4 aliphatic rings. The fourth-order valence-corrected chi connectivity index (χ4v) is 7.97. The first kappa shape index (κ1) is 19.6. The Bertz CT molecular complexity index is 625. The van der Waals surface area contributed by atoms with E-state index in [4.69, 9.17) is 0 Å². The van der Waals surface area contributed by atoms with Crippen LogP contribution >= 0.6 is 0 Å². The van der Waals surface area contributed by atoms with E-state index >= 15 is 0 Å². The highest BCUT2D eigenvalue weighted by Crippen LogP contribution is 2.66. The largest absolute Gasteiger partial charge is 0.396 e. The van der Waals surface area contributed by atoms with Gasteiger partial charge < -0.3 is 10.2 Å². The van der Waals surface area contributed by atoms with Crippen LogP contribution in [0.1, 0.15) is 78.6 Å². The van der Waals surface area contributed by atoms with Gasteiger partial charge in [0, 0.05) is 12.5 Å². The molecule has 0 aromatic carbocycles. The van der Waals surface area contributed by atoms with E-state index in [2.05, 4.69) is 20.8 Å². The Morgan fingerprint density at radius 3 is 2.67 bits per heavy atom. The molecule has 4 rings (SSSR count). The molecule has 3 heteroatoms. The molecule has 0 aliphatic heterocycles. The zero-order valence-electron chi connectivity index (χ0n) is 17.4. The Hall–Kier alpha value is -0.670. The van der Waals surface area contributed by atoms with Gasteiger partial charge in [-0.3, -0.25) is 4.79 Å². The van der Waals surface area contributed by atoms with E-state index in [1.807, 2.05) is 6.08 Å². The Kier molecular flexibility index (Phi) is 5.08. The van der Waals surface area contributed by atoms with Gasteiger partial charge in [0.05, 0.1) is 6.10 Å². The first-order valence-electron chi connectivity index (χ1n) is 11.3. The minimum absolute atomic E-state index is 0.125. The van der Waals surface area contributed by atoms with Gasteiger partial charge >= 0.3 is 0 Å². The minimum atomic E-state index is -0.259. The second-order valence-corrected chi connectivity index (χ2v) is 10.7. The van der Waals surface area contributed by atoms with Crippen LogP contribution in [0.4, 0.5) is 0 Å². The van der Waals surface area contributed by atoms with Crippen LogP contribution in [0.2, 0.25) is 0 Å². The van der Waals surface area contributed by atoms with Gasteiger partial charge in [-0.05, 0) is 98.4 Å². The van der Waals surface area contributed by atoms with Crippen molar-refractivity contribution in [3.05, 3.63) is 11.6 Å². The first-order valence-corrected chi connectivity index (χ1v) is 11.3. The molecule has 8 atom stereocenters. The van der Waals surface area contributed by atoms with E-state index in [0.29, 0.717) is 35.9 Å². The Balaban J connectivity index is 1.62. The van der Waals surface area contributed by atoms with E-state index < -0.39 is 0 Å². The van der Waals surface area contributed by atoms with Crippen molar-refractivity contribution in [2.75, 3.05) is 6.61 Å². The van der Waals surface area contributed by atoms with Crippen LogP contribution in [-0.2, 0) is 4.79 Å². The Morgan fingerprint density at radius 2 is 1.93 bits per heavy atom. The standard InChI is InChI=1S/C24H38O3/c1-15(5-4-12-25)18-6-7-19-22-20(9-11-24(18,19)3)23(2)10-8-17(26)13-16(23)14-21(22)27/h14-15,17-20,22,25-26H,4-13H2,1-3H3/t15-,17+,18+,19-,20-,22-,23+,24-/m1/s1. The minimum Gasteiger partial charge on any atom is -0.396 e. The van der Waals surface area contributed by atoms with Crippen LogP contribution in [0.15, 0.2) is 11.6 Å². The van der Waals surface area contributed by atoms with Crippen molar-refractivity contribution in [2.24, 2.45) is 40.4 Å². The smallest absolute Gasteiger partial charge is 0.159 e. The fourth-order valence-electron chi connectivity index (χ4n) is 7.97. The lowest BCUT2D eigenvalue weighted by atomic mass is 9.46. The van der Waals surface area contributed by atoms with Crippen molar-refractivity contribution in [3.63, 3.8) is 0 Å². The van der Waals surface area contributed by atoms with Crippen molar-refractivity contribution in [2.45, 2.75) is 84.7 Å². The van der Waals surface area contributed by atoms with E-state index in [0.717, 1.165) is 32.1 Å². The average molecular weight is 375 g/mol. The molecule has 0 aromatic heterocycles. The number of hydrogen-bond acceptors (Lipinski definition) is 3. The second-order valence-electron chi connectivity index (χ2n) is 10.7. The van der Waals surface area contributed by atoms with E-state index in [9.17, 15) is 15.0 Å². The van der Waals surface area contributed by atoms with Crippen molar-refractivity contribution in [3.8, 4) is 0 Å². The van der Waals surface area contributed by atoms with Crippen molar-refractivity contribution in [1.29, 1.82) is 0 Å². The third kappa shape index (κ3) is 2.95. The average Bonchev–Trinajstić information content (AvgIpc) is 2.98. The summed E-state index contributed by atoms with van der Waals surface area (Å²) in [7, 11) is 0. The molecular formula is C24H38O3. The van der Waals surface area contributed by atoms with Gasteiger partial charge in [0.25, 0.3) is 0 Å². The van der Waals surface area contributed by atoms with Crippen LogP contribution in [-0.4, -0.2) is 28.7 Å². The maximum Gasteiger partial charge on any atom is 0.159 e. The molecule has 0 radical (unpaired) electrons. The van der Waals surface area contributed by atoms with Gasteiger partial charge in [-0.1, -0.05) is 26.3 Å². The predicted molar refractivity (Wildman–Crippen MR) is 107 cm³/mol. The Morgan fingerprint density at radius 1 is 1.15 bits per heavy atom. The molecule has 2 N–H and O–H groups in total. The van der Waals surface area contributed by atoms with Crippen LogP contribution in [0.5, 0.6) is 0 Å². The van der Waals surface area contributed by atoms with Crippen LogP contribution in [0.3, 0.4) is 0 Å². The molecule has 27 heavy (non-hydrogen) atoms. The summed E-state index contributed by atoms with van der Waals surface area (Å²) in [6.07, 6.45) is 11.2. The number of aliphatic hydroxyl groups is 2. The quantitative estimate of drug-likeness (QED) is 0.761. The molecule has 0 unspecified atom stereocenters. The summed E-state index contributed by atoms with van der Waals surface area (Å²) in [5.74, 6) is 2.88. The highest BCUT2D eigenvalue weighted by atomic mass is 16.3. The van der Waals surface area contributed by atoms with Gasteiger partial charge in [0.15, 0.2) is 5.78 Å².